The van der Waals surface area contributed by atoms with Crippen molar-refractivity contribution in [3.8, 4) is 0 Å². The SMILES string of the molecule is Cc1ccc(C2C[C@@H](C)[C@@H](C)C2)s1. The van der Waals surface area contributed by atoms with E-state index in [0.717, 1.165) is 17.8 Å². The molecule has 72 valence electrons. The van der Waals surface area contributed by atoms with Crippen LogP contribution in [0.5, 0.6) is 0 Å². The van der Waals surface area contributed by atoms with Gasteiger partial charge in [0.1, 0.15) is 0 Å². The fourth-order valence-corrected chi connectivity index (χ4v) is 3.37. The summed E-state index contributed by atoms with van der Waals surface area (Å²) >= 11 is 1.99. The lowest BCUT2D eigenvalue weighted by atomic mass is 10.0. The first kappa shape index (κ1) is 9.26. The van der Waals surface area contributed by atoms with Crippen LogP contribution in [-0.4, -0.2) is 0 Å². The number of hydrogen-bond donors (Lipinski definition) is 0. The Bertz CT molecular complexity index is 277. The van der Waals surface area contributed by atoms with Gasteiger partial charge in [-0.3, -0.25) is 0 Å². The molecule has 1 saturated carbocycles. The second-order valence-electron chi connectivity index (χ2n) is 4.57. The highest BCUT2D eigenvalue weighted by Crippen LogP contribution is 2.43. The molecule has 1 heterocycles. The molecular formula is C12H18S. The van der Waals surface area contributed by atoms with Gasteiger partial charge in [-0.2, -0.15) is 0 Å². The molecule has 0 amide bonds. The summed E-state index contributed by atoms with van der Waals surface area (Å²) in [5.74, 6) is 2.71. The molecule has 0 radical (unpaired) electrons. The van der Waals surface area contributed by atoms with Crippen LogP contribution in [0.3, 0.4) is 0 Å². The normalized spacial score (nSPS) is 33.9. The maximum atomic E-state index is 2.39. The molecule has 0 aliphatic heterocycles. The molecule has 3 atom stereocenters. The minimum absolute atomic E-state index is 0.865. The first-order valence-electron chi connectivity index (χ1n) is 5.23. The van der Waals surface area contributed by atoms with Crippen LogP contribution in [0.2, 0.25) is 0 Å². The van der Waals surface area contributed by atoms with Gasteiger partial charge in [0.05, 0.1) is 0 Å². The first-order chi connectivity index (χ1) is 6.16. The van der Waals surface area contributed by atoms with Gasteiger partial charge < -0.3 is 0 Å². The molecule has 0 bridgehead atoms. The second-order valence-corrected chi connectivity index (χ2v) is 5.89. The quantitative estimate of drug-likeness (QED) is 0.628. The van der Waals surface area contributed by atoms with Gasteiger partial charge in [0.2, 0.25) is 0 Å². The minimum atomic E-state index is 0.865. The van der Waals surface area contributed by atoms with Crippen molar-refractivity contribution in [1.29, 1.82) is 0 Å². The zero-order chi connectivity index (χ0) is 9.42. The van der Waals surface area contributed by atoms with Gasteiger partial charge in [0, 0.05) is 9.75 Å². The van der Waals surface area contributed by atoms with E-state index in [1.165, 1.54) is 17.7 Å². The zero-order valence-electron chi connectivity index (χ0n) is 8.71. The van der Waals surface area contributed by atoms with E-state index in [9.17, 15) is 0 Å². The lowest BCUT2D eigenvalue weighted by Gasteiger charge is -2.05. The van der Waals surface area contributed by atoms with Crippen molar-refractivity contribution in [2.45, 2.75) is 39.5 Å². The van der Waals surface area contributed by atoms with Gasteiger partial charge in [0.25, 0.3) is 0 Å². The molecule has 0 saturated heterocycles. The Balaban J connectivity index is 2.11. The molecule has 1 aromatic rings. The second kappa shape index (κ2) is 3.45. The highest BCUT2D eigenvalue weighted by Gasteiger charge is 2.29. The van der Waals surface area contributed by atoms with E-state index in [1.54, 1.807) is 4.88 Å². The summed E-state index contributed by atoms with van der Waals surface area (Å²) in [6, 6.07) is 4.59. The van der Waals surface area contributed by atoms with E-state index in [0.29, 0.717) is 0 Å². The van der Waals surface area contributed by atoms with E-state index in [-0.39, 0.29) is 0 Å². The van der Waals surface area contributed by atoms with Crippen molar-refractivity contribution in [3.05, 3.63) is 21.9 Å². The molecule has 1 aliphatic rings. The molecule has 1 fully saturated rings. The van der Waals surface area contributed by atoms with Gasteiger partial charge in [0.15, 0.2) is 0 Å². The van der Waals surface area contributed by atoms with Crippen molar-refractivity contribution in [2.75, 3.05) is 0 Å². The summed E-state index contributed by atoms with van der Waals surface area (Å²) < 4.78 is 0. The van der Waals surface area contributed by atoms with Crippen LogP contribution in [0.1, 0.15) is 42.4 Å². The number of aryl methyl sites for hydroxylation is 1. The average Bonchev–Trinajstić information content (AvgIpc) is 2.61. The molecule has 1 aromatic heterocycles. The Morgan fingerprint density at radius 3 is 2.23 bits per heavy atom. The molecule has 1 unspecified atom stereocenters. The van der Waals surface area contributed by atoms with Crippen LogP contribution in [-0.2, 0) is 0 Å². The van der Waals surface area contributed by atoms with Crippen molar-refractivity contribution in [3.63, 3.8) is 0 Å². The summed E-state index contributed by atoms with van der Waals surface area (Å²) in [6.07, 6.45) is 2.81. The van der Waals surface area contributed by atoms with Gasteiger partial charge in [-0.15, -0.1) is 11.3 Å². The lowest BCUT2D eigenvalue weighted by Crippen LogP contribution is -1.95. The van der Waals surface area contributed by atoms with Gasteiger partial charge in [-0.05, 0) is 49.7 Å². The minimum Gasteiger partial charge on any atom is -0.145 e. The average molecular weight is 194 g/mol. The predicted octanol–water partition coefficient (Wildman–Crippen LogP) is 4.21. The van der Waals surface area contributed by atoms with Crippen LogP contribution < -0.4 is 0 Å². The Labute approximate surface area is 85.0 Å². The van der Waals surface area contributed by atoms with Crippen LogP contribution in [0.15, 0.2) is 12.1 Å². The van der Waals surface area contributed by atoms with Gasteiger partial charge in [-0.25, -0.2) is 0 Å². The Morgan fingerprint density at radius 2 is 1.77 bits per heavy atom. The summed E-state index contributed by atoms with van der Waals surface area (Å²) in [4.78, 5) is 3.08. The Hall–Kier alpha value is -0.300. The predicted molar refractivity (Wildman–Crippen MR) is 59.4 cm³/mol. The number of hydrogen-bond acceptors (Lipinski definition) is 1. The van der Waals surface area contributed by atoms with Crippen LogP contribution in [0.4, 0.5) is 0 Å². The summed E-state index contributed by atoms with van der Waals surface area (Å²) in [6.45, 7) is 6.99. The van der Waals surface area contributed by atoms with Gasteiger partial charge in [-0.1, -0.05) is 13.8 Å². The Kier molecular flexibility index (Phi) is 2.46. The molecule has 0 nitrogen and oxygen atoms in total. The van der Waals surface area contributed by atoms with E-state index in [4.69, 9.17) is 0 Å². The van der Waals surface area contributed by atoms with Crippen molar-refractivity contribution < 1.29 is 0 Å². The standard InChI is InChI=1S/C12H18S/c1-8-6-11(7-9(8)2)12-5-4-10(3)13-12/h4-5,8-9,11H,6-7H2,1-3H3/t8-,9+,11?. The van der Waals surface area contributed by atoms with Crippen LogP contribution >= 0.6 is 11.3 Å². The van der Waals surface area contributed by atoms with Crippen molar-refractivity contribution in [1.82, 2.24) is 0 Å². The zero-order valence-corrected chi connectivity index (χ0v) is 9.53. The highest BCUT2D eigenvalue weighted by molar-refractivity contribution is 7.12. The highest BCUT2D eigenvalue weighted by atomic mass is 32.1. The molecule has 0 aromatic carbocycles. The molecule has 1 heteroatoms. The molecule has 0 N–H and O–H groups in total. The smallest absolute Gasteiger partial charge is 0.00792 e. The third kappa shape index (κ3) is 1.80. The monoisotopic (exact) mass is 194 g/mol. The third-order valence-electron chi connectivity index (χ3n) is 3.45. The van der Waals surface area contributed by atoms with E-state index in [2.05, 4.69) is 32.9 Å². The molecule has 2 rings (SSSR count). The fourth-order valence-electron chi connectivity index (χ4n) is 2.36. The topological polar surface area (TPSA) is 0 Å². The van der Waals surface area contributed by atoms with E-state index < -0.39 is 0 Å². The van der Waals surface area contributed by atoms with Gasteiger partial charge >= 0.3 is 0 Å². The van der Waals surface area contributed by atoms with Crippen molar-refractivity contribution >= 4 is 11.3 Å². The largest absolute Gasteiger partial charge is 0.145 e. The molecular weight excluding hydrogens is 176 g/mol. The summed E-state index contributed by atoms with van der Waals surface area (Å²) in [5, 5.41) is 0. The van der Waals surface area contributed by atoms with Crippen molar-refractivity contribution in [2.24, 2.45) is 11.8 Å². The maximum Gasteiger partial charge on any atom is 0.00792 e. The molecule has 0 spiro atoms. The molecule has 13 heavy (non-hydrogen) atoms. The lowest BCUT2D eigenvalue weighted by molar-refractivity contribution is 0.457. The third-order valence-corrected chi connectivity index (χ3v) is 4.61. The van der Waals surface area contributed by atoms with Crippen LogP contribution in [0, 0.1) is 18.8 Å². The summed E-state index contributed by atoms with van der Waals surface area (Å²) in [7, 11) is 0. The Morgan fingerprint density at radius 1 is 1.15 bits per heavy atom. The fraction of sp³-hybridized carbons (Fsp3) is 0.667. The van der Waals surface area contributed by atoms with E-state index in [1.807, 2.05) is 11.3 Å². The van der Waals surface area contributed by atoms with Crippen LogP contribution in [0.25, 0.3) is 0 Å². The van der Waals surface area contributed by atoms with E-state index >= 15 is 0 Å². The summed E-state index contributed by atoms with van der Waals surface area (Å²) in [5.41, 5.74) is 0. The number of thiophene rings is 1. The molecule has 1 aliphatic carbocycles. The maximum absolute atomic E-state index is 2.39. The number of rotatable bonds is 1. The first-order valence-corrected chi connectivity index (χ1v) is 6.05.